The normalized spacial score (nSPS) is 14.6. The minimum atomic E-state index is -0.863. The first-order valence-electron chi connectivity index (χ1n) is 5.94. The number of rotatable bonds is 2. The van der Waals surface area contributed by atoms with E-state index >= 15 is 0 Å². The van der Waals surface area contributed by atoms with Crippen LogP contribution in [0.2, 0.25) is 0 Å². The first-order chi connectivity index (χ1) is 7.65. The van der Waals surface area contributed by atoms with Crippen LogP contribution in [0.15, 0.2) is 24.3 Å². The molecule has 0 heterocycles. The summed E-state index contributed by atoms with van der Waals surface area (Å²) in [6, 6.07) is 6.92. The highest BCUT2D eigenvalue weighted by atomic mass is 16.4. The molecule has 0 amide bonds. The Balaban J connectivity index is 0.000000181. The van der Waals surface area contributed by atoms with E-state index in [9.17, 15) is 4.79 Å². The van der Waals surface area contributed by atoms with Crippen molar-refractivity contribution in [1.82, 2.24) is 0 Å². The summed E-state index contributed by atoms with van der Waals surface area (Å²) in [7, 11) is 0. The van der Waals surface area contributed by atoms with Crippen LogP contribution in [0.3, 0.4) is 0 Å². The summed E-state index contributed by atoms with van der Waals surface area (Å²) in [4.78, 5) is 10.4. The van der Waals surface area contributed by atoms with E-state index < -0.39 is 5.97 Å². The molecule has 1 aromatic rings. The SMILES string of the molecule is CCC1CCC1.Cc1ccccc1C(=O)O. The molecule has 0 saturated heterocycles. The van der Waals surface area contributed by atoms with Gasteiger partial charge in [0.2, 0.25) is 0 Å². The second kappa shape index (κ2) is 6.31. The van der Waals surface area contributed by atoms with Gasteiger partial charge in [-0.25, -0.2) is 4.79 Å². The number of hydrogen-bond acceptors (Lipinski definition) is 1. The number of benzene rings is 1. The molecule has 1 fully saturated rings. The smallest absolute Gasteiger partial charge is 0.335 e. The van der Waals surface area contributed by atoms with E-state index in [4.69, 9.17) is 5.11 Å². The Kier molecular flexibility index (Phi) is 5.03. The predicted molar refractivity (Wildman–Crippen MR) is 65.8 cm³/mol. The molecule has 1 N–H and O–H groups in total. The van der Waals surface area contributed by atoms with Crippen LogP contribution in [-0.4, -0.2) is 11.1 Å². The van der Waals surface area contributed by atoms with E-state index in [1.54, 1.807) is 25.1 Å². The lowest BCUT2D eigenvalue weighted by Crippen LogP contribution is -2.08. The monoisotopic (exact) mass is 220 g/mol. The molecule has 0 aliphatic heterocycles. The quantitative estimate of drug-likeness (QED) is 0.821. The molecule has 1 aliphatic carbocycles. The number of carbonyl (C=O) groups is 1. The molecule has 2 heteroatoms. The molecule has 16 heavy (non-hydrogen) atoms. The van der Waals surface area contributed by atoms with E-state index in [0.29, 0.717) is 5.56 Å². The molecule has 2 rings (SSSR count). The van der Waals surface area contributed by atoms with E-state index in [2.05, 4.69) is 6.92 Å². The van der Waals surface area contributed by atoms with Crippen molar-refractivity contribution in [1.29, 1.82) is 0 Å². The van der Waals surface area contributed by atoms with Crippen LogP contribution < -0.4 is 0 Å². The molecule has 1 saturated carbocycles. The van der Waals surface area contributed by atoms with Crippen molar-refractivity contribution in [3.63, 3.8) is 0 Å². The second-order valence-corrected chi connectivity index (χ2v) is 4.33. The van der Waals surface area contributed by atoms with Crippen LogP contribution in [0, 0.1) is 12.8 Å². The van der Waals surface area contributed by atoms with E-state index in [1.807, 2.05) is 6.07 Å². The van der Waals surface area contributed by atoms with Crippen LogP contribution in [0.5, 0.6) is 0 Å². The Morgan fingerprint density at radius 3 is 2.25 bits per heavy atom. The highest BCUT2D eigenvalue weighted by Gasteiger charge is 2.13. The summed E-state index contributed by atoms with van der Waals surface area (Å²) >= 11 is 0. The standard InChI is InChI=1S/C8H8O2.C6H12/c1-6-4-2-3-5-7(6)8(9)10;1-2-6-4-3-5-6/h2-5H,1H3,(H,9,10);6H,2-5H2,1H3. The first kappa shape index (κ1) is 12.8. The molecular weight excluding hydrogens is 200 g/mol. The zero-order valence-corrected chi connectivity index (χ0v) is 10.1. The molecule has 0 bridgehead atoms. The number of carboxylic acids is 1. The maximum Gasteiger partial charge on any atom is 0.335 e. The zero-order chi connectivity index (χ0) is 12.0. The molecule has 88 valence electrons. The van der Waals surface area contributed by atoms with Gasteiger partial charge >= 0.3 is 5.97 Å². The number of hydrogen-bond donors (Lipinski definition) is 1. The molecule has 0 unspecified atom stereocenters. The Bertz CT molecular complexity index is 338. The summed E-state index contributed by atoms with van der Waals surface area (Å²) < 4.78 is 0. The largest absolute Gasteiger partial charge is 0.478 e. The van der Waals surface area contributed by atoms with Crippen LogP contribution in [0.1, 0.15) is 48.5 Å². The summed E-state index contributed by atoms with van der Waals surface area (Å²) in [5.41, 5.74) is 1.18. The van der Waals surface area contributed by atoms with Crippen molar-refractivity contribution in [2.45, 2.75) is 39.5 Å². The van der Waals surface area contributed by atoms with Gasteiger partial charge in [-0.1, -0.05) is 50.8 Å². The zero-order valence-electron chi connectivity index (χ0n) is 10.1. The van der Waals surface area contributed by atoms with Gasteiger partial charge in [-0.3, -0.25) is 0 Å². The Morgan fingerprint density at radius 2 is 2.00 bits per heavy atom. The molecule has 2 nitrogen and oxygen atoms in total. The van der Waals surface area contributed by atoms with Crippen molar-refractivity contribution in [3.05, 3.63) is 35.4 Å². The number of aromatic carboxylic acids is 1. The summed E-state index contributed by atoms with van der Waals surface area (Å²) in [5, 5.41) is 8.57. The van der Waals surface area contributed by atoms with Gasteiger partial charge in [-0.05, 0) is 24.5 Å². The molecular formula is C14H20O2. The third-order valence-corrected chi connectivity index (χ3v) is 3.18. The van der Waals surface area contributed by atoms with Gasteiger partial charge < -0.3 is 5.11 Å². The first-order valence-corrected chi connectivity index (χ1v) is 5.94. The molecule has 0 radical (unpaired) electrons. The minimum Gasteiger partial charge on any atom is -0.478 e. The van der Waals surface area contributed by atoms with Crippen LogP contribution >= 0.6 is 0 Å². The summed E-state index contributed by atoms with van der Waals surface area (Å²) in [6.45, 7) is 4.06. The van der Waals surface area contributed by atoms with Gasteiger partial charge in [-0.2, -0.15) is 0 Å². The minimum absolute atomic E-state index is 0.377. The third kappa shape index (κ3) is 3.69. The van der Waals surface area contributed by atoms with Crippen LogP contribution in [0.4, 0.5) is 0 Å². The Morgan fingerprint density at radius 1 is 1.38 bits per heavy atom. The van der Waals surface area contributed by atoms with E-state index in [-0.39, 0.29) is 0 Å². The topological polar surface area (TPSA) is 37.3 Å². The Hall–Kier alpha value is -1.31. The van der Waals surface area contributed by atoms with Gasteiger partial charge in [0.15, 0.2) is 0 Å². The van der Waals surface area contributed by atoms with Crippen molar-refractivity contribution in [3.8, 4) is 0 Å². The lowest BCUT2D eigenvalue weighted by atomic mass is 9.84. The fraction of sp³-hybridized carbons (Fsp3) is 0.500. The number of aryl methyl sites for hydroxylation is 1. The van der Waals surface area contributed by atoms with Crippen LogP contribution in [0.25, 0.3) is 0 Å². The van der Waals surface area contributed by atoms with Gasteiger partial charge in [0.1, 0.15) is 0 Å². The fourth-order valence-corrected chi connectivity index (χ4v) is 1.71. The average Bonchev–Trinajstić information content (AvgIpc) is 2.17. The predicted octanol–water partition coefficient (Wildman–Crippen LogP) is 3.89. The molecule has 0 spiro atoms. The highest BCUT2D eigenvalue weighted by molar-refractivity contribution is 5.89. The van der Waals surface area contributed by atoms with Crippen molar-refractivity contribution in [2.24, 2.45) is 5.92 Å². The summed E-state index contributed by atoms with van der Waals surface area (Å²) in [6.07, 6.45) is 5.94. The lowest BCUT2D eigenvalue weighted by molar-refractivity contribution is 0.0696. The average molecular weight is 220 g/mol. The van der Waals surface area contributed by atoms with Crippen molar-refractivity contribution in [2.75, 3.05) is 0 Å². The summed E-state index contributed by atoms with van der Waals surface area (Å²) in [5.74, 6) is 0.253. The van der Waals surface area contributed by atoms with Gasteiger partial charge in [0.25, 0.3) is 0 Å². The maximum atomic E-state index is 10.4. The lowest BCUT2D eigenvalue weighted by Gasteiger charge is -2.22. The van der Waals surface area contributed by atoms with Gasteiger partial charge in [0, 0.05) is 0 Å². The number of carboxylic acid groups (broad SMARTS) is 1. The molecule has 1 aromatic carbocycles. The highest BCUT2D eigenvalue weighted by Crippen LogP contribution is 2.28. The van der Waals surface area contributed by atoms with Gasteiger partial charge in [0.05, 0.1) is 5.56 Å². The van der Waals surface area contributed by atoms with Crippen molar-refractivity contribution < 1.29 is 9.90 Å². The van der Waals surface area contributed by atoms with E-state index in [0.717, 1.165) is 11.5 Å². The molecule has 0 aromatic heterocycles. The second-order valence-electron chi connectivity index (χ2n) is 4.33. The van der Waals surface area contributed by atoms with E-state index in [1.165, 1.54) is 25.7 Å². The van der Waals surface area contributed by atoms with Crippen molar-refractivity contribution >= 4 is 5.97 Å². The molecule has 1 aliphatic rings. The maximum absolute atomic E-state index is 10.4. The van der Waals surface area contributed by atoms with Crippen LogP contribution in [-0.2, 0) is 0 Å². The van der Waals surface area contributed by atoms with Gasteiger partial charge in [-0.15, -0.1) is 0 Å². The third-order valence-electron chi connectivity index (χ3n) is 3.18. The Labute approximate surface area is 97.3 Å². The fourth-order valence-electron chi connectivity index (χ4n) is 1.71. The molecule has 0 atom stereocenters.